The molecule has 168 valence electrons. The Labute approximate surface area is 191 Å². The van der Waals surface area contributed by atoms with Gasteiger partial charge in [0.1, 0.15) is 5.52 Å². The molecule has 0 radical (unpaired) electrons. The van der Waals surface area contributed by atoms with Crippen LogP contribution >= 0.6 is 11.3 Å². The Morgan fingerprint density at radius 2 is 1.78 bits per heavy atom. The van der Waals surface area contributed by atoms with Crippen LogP contribution in [0.5, 0.6) is 0 Å². The number of carbonyl (C=O) groups excluding carboxylic acids is 2. The first-order chi connectivity index (χ1) is 15.4. The molecule has 0 aromatic carbocycles. The number of nitrogens with one attached hydrogen (secondary N) is 3. The summed E-state index contributed by atoms with van der Waals surface area (Å²) in [5.41, 5.74) is 5.17. The van der Waals surface area contributed by atoms with E-state index in [0.717, 1.165) is 41.8 Å². The second kappa shape index (κ2) is 9.60. The normalized spacial score (nSPS) is 18.5. The molecule has 0 spiro atoms. The quantitative estimate of drug-likeness (QED) is 0.526. The van der Waals surface area contributed by atoms with E-state index in [0.29, 0.717) is 16.8 Å². The van der Waals surface area contributed by atoms with Gasteiger partial charge < -0.3 is 16.0 Å². The van der Waals surface area contributed by atoms with E-state index in [4.69, 9.17) is 4.98 Å². The lowest BCUT2D eigenvalue weighted by Gasteiger charge is -2.29. The summed E-state index contributed by atoms with van der Waals surface area (Å²) in [5.74, 6) is -0.162. The first-order valence-corrected chi connectivity index (χ1v) is 11.8. The molecule has 3 aromatic rings. The van der Waals surface area contributed by atoms with E-state index in [1.165, 1.54) is 18.3 Å². The number of hydrogen-bond donors (Lipinski definition) is 3. The summed E-state index contributed by atoms with van der Waals surface area (Å²) >= 11 is 1.52. The number of carbonyl (C=O) groups is 2. The van der Waals surface area contributed by atoms with Crippen molar-refractivity contribution in [3.63, 3.8) is 0 Å². The number of aromatic nitrogens is 3. The van der Waals surface area contributed by atoms with Gasteiger partial charge in [0.25, 0.3) is 5.91 Å². The fourth-order valence-electron chi connectivity index (χ4n) is 4.09. The molecular weight excluding hydrogens is 424 g/mol. The third-order valence-corrected chi connectivity index (χ3v) is 6.34. The summed E-state index contributed by atoms with van der Waals surface area (Å²) in [5, 5.41) is 9.55. The molecule has 0 aliphatic heterocycles. The zero-order valence-electron chi connectivity index (χ0n) is 18.5. The number of fused-ring (bicyclic) bond motifs is 1. The Kier molecular flexibility index (Phi) is 6.64. The molecule has 1 fully saturated rings. The molecule has 0 saturated heterocycles. The number of rotatable bonds is 6. The number of hydrogen-bond acceptors (Lipinski definition) is 7. The molecule has 3 heterocycles. The average molecular weight is 453 g/mol. The highest BCUT2D eigenvalue weighted by Gasteiger charge is 2.25. The largest absolute Gasteiger partial charge is 0.380 e. The smallest absolute Gasteiger partial charge is 0.255 e. The minimum Gasteiger partial charge on any atom is -0.380 e. The average Bonchev–Trinajstić information content (AvgIpc) is 3.29. The van der Waals surface area contributed by atoms with Crippen LogP contribution in [-0.2, 0) is 4.79 Å². The summed E-state index contributed by atoms with van der Waals surface area (Å²) in [6, 6.07) is 4.24. The summed E-state index contributed by atoms with van der Waals surface area (Å²) < 4.78 is 0. The van der Waals surface area contributed by atoms with Crippen molar-refractivity contribution < 1.29 is 9.59 Å². The van der Waals surface area contributed by atoms with Gasteiger partial charge in [0, 0.05) is 37.4 Å². The summed E-state index contributed by atoms with van der Waals surface area (Å²) in [4.78, 5) is 39.0. The molecule has 3 N–H and O–H groups in total. The predicted octanol–water partition coefficient (Wildman–Crippen LogP) is 3.75. The van der Waals surface area contributed by atoms with Gasteiger partial charge >= 0.3 is 0 Å². The lowest BCUT2D eigenvalue weighted by molar-refractivity contribution is -0.119. The van der Waals surface area contributed by atoms with E-state index in [2.05, 4.69) is 25.9 Å². The predicted molar refractivity (Wildman–Crippen MR) is 127 cm³/mol. The maximum Gasteiger partial charge on any atom is 0.255 e. The van der Waals surface area contributed by atoms with Crippen molar-refractivity contribution in [1.29, 1.82) is 0 Å². The number of nitrogens with zero attached hydrogens (tertiary/aromatic N) is 3. The van der Waals surface area contributed by atoms with Gasteiger partial charge in [-0.3, -0.25) is 19.6 Å². The van der Waals surface area contributed by atoms with E-state index < -0.39 is 0 Å². The van der Waals surface area contributed by atoms with Crippen molar-refractivity contribution in [2.45, 2.75) is 64.6 Å². The number of anilines is 1. The van der Waals surface area contributed by atoms with Gasteiger partial charge in [0.05, 0.1) is 32.8 Å². The van der Waals surface area contributed by atoms with Crippen LogP contribution in [0.15, 0.2) is 30.0 Å². The van der Waals surface area contributed by atoms with Crippen LogP contribution in [0.2, 0.25) is 0 Å². The Balaban J connectivity index is 1.59. The minimum atomic E-state index is -0.157. The second-order valence-corrected chi connectivity index (χ2v) is 9.38. The summed E-state index contributed by atoms with van der Waals surface area (Å²) in [6.07, 6.45) is 6.79. The minimum absolute atomic E-state index is 0.00526. The van der Waals surface area contributed by atoms with Gasteiger partial charge in [-0.05, 0) is 51.7 Å². The molecule has 32 heavy (non-hydrogen) atoms. The van der Waals surface area contributed by atoms with Crippen LogP contribution in [0.1, 0.15) is 56.8 Å². The van der Waals surface area contributed by atoms with Gasteiger partial charge in [-0.1, -0.05) is 0 Å². The standard InChI is InChI=1S/C23H28N6O2S/c1-13(2)26-21-17(23(31)28-16-6-4-15(5-7-16)27-14(3)30)10-25-19-9-8-18(29-22(19)21)20-11-24-12-32-20/h8-13,15-16H,4-7H2,1-3H3,(H,25,26)(H,27,30)(H,28,31)/t15-,16-. The van der Waals surface area contributed by atoms with E-state index in [1.54, 1.807) is 17.9 Å². The lowest BCUT2D eigenvalue weighted by Crippen LogP contribution is -2.43. The van der Waals surface area contributed by atoms with Crippen LogP contribution in [0.25, 0.3) is 21.6 Å². The Morgan fingerprint density at radius 1 is 1.06 bits per heavy atom. The molecule has 2 amide bonds. The Morgan fingerprint density at radius 3 is 2.41 bits per heavy atom. The second-order valence-electron chi connectivity index (χ2n) is 8.50. The summed E-state index contributed by atoms with van der Waals surface area (Å²) in [6.45, 7) is 5.60. The van der Waals surface area contributed by atoms with E-state index in [1.807, 2.05) is 26.0 Å². The van der Waals surface area contributed by atoms with Crippen LogP contribution in [-0.4, -0.2) is 44.9 Å². The highest BCUT2D eigenvalue weighted by Crippen LogP contribution is 2.30. The van der Waals surface area contributed by atoms with Gasteiger partial charge in [-0.25, -0.2) is 4.98 Å². The maximum absolute atomic E-state index is 13.2. The van der Waals surface area contributed by atoms with Crippen molar-refractivity contribution in [1.82, 2.24) is 25.6 Å². The fourth-order valence-corrected chi connectivity index (χ4v) is 4.68. The maximum atomic E-state index is 13.2. The third-order valence-electron chi connectivity index (χ3n) is 5.55. The molecule has 4 rings (SSSR count). The Bertz CT molecular complexity index is 1110. The molecule has 0 bridgehead atoms. The van der Waals surface area contributed by atoms with Gasteiger partial charge in [0.2, 0.25) is 5.91 Å². The van der Waals surface area contributed by atoms with Crippen LogP contribution in [0, 0.1) is 0 Å². The first kappa shape index (κ1) is 22.1. The van der Waals surface area contributed by atoms with Crippen molar-refractivity contribution in [2.24, 2.45) is 0 Å². The van der Waals surface area contributed by atoms with Gasteiger partial charge in [0.15, 0.2) is 0 Å². The van der Waals surface area contributed by atoms with E-state index >= 15 is 0 Å². The van der Waals surface area contributed by atoms with E-state index in [9.17, 15) is 9.59 Å². The zero-order valence-corrected chi connectivity index (χ0v) is 19.3. The molecule has 0 atom stereocenters. The molecule has 9 heteroatoms. The van der Waals surface area contributed by atoms with Crippen molar-refractivity contribution in [3.05, 3.63) is 35.6 Å². The molecule has 1 saturated carbocycles. The first-order valence-electron chi connectivity index (χ1n) is 10.9. The van der Waals surface area contributed by atoms with Crippen LogP contribution in [0.3, 0.4) is 0 Å². The zero-order chi connectivity index (χ0) is 22.7. The molecule has 0 unspecified atom stereocenters. The highest BCUT2D eigenvalue weighted by molar-refractivity contribution is 7.13. The summed E-state index contributed by atoms with van der Waals surface area (Å²) in [7, 11) is 0. The molecule has 1 aliphatic rings. The molecule has 1 aliphatic carbocycles. The Hall–Kier alpha value is -3.07. The molecule has 8 nitrogen and oxygen atoms in total. The van der Waals surface area contributed by atoms with Gasteiger partial charge in [-0.15, -0.1) is 11.3 Å². The van der Waals surface area contributed by atoms with Crippen molar-refractivity contribution >= 4 is 39.9 Å². The highest BCUT2D eigenvalue weighted by atomic mass is 32.1. The lowest BCUT2D eigenvalue weighted by atomic mass is 9.91. The van der Waals surface area contributed by atoms with Crippen LogP contribution < -0.4 is 16.0 Å². The van der Waals surface area contributed by atoms with Crippen molar-refractivity contribution in [3.8, 4) is 10.6 Å². The SMILES string of the molecule is CC(=O)N[C@H]1CC[C@H](NC(=O)c2cnc3ccc(-c4cncs4)nc3c2NC(C)C)CC1. The molecular formula is C23H28N6O2S. The molecule has 3 aromatic heterocycles. The third kappa shape index (κ3) is 5.04. The fraction of sp³-hybridized carbons (Fsp3) is 0.435. The van der Waals surface area contributed by atoms with Crippen molar-refractivity contribution in [2.75, 3.05) is 5.32 Å². The number of pyridine rings is 2. The van der Waals surface area contributed by atoms with Crippen LogP contribution in [0.4, 0.5) is 5.69 Å². The number of thiazole rings is 1. The van der Waals surface area contributed by atoms with Gasteiger partial charge in [-0.2, -0.15) is 0 Å². The number of amides is 2. The topological polar surface area (TPSA) is 109 Å². The monoisotopic (exact) mass is 452 g/mol. The van der Waals surface area contributed by atoms with E-state index in [-0.39, 0.29) is 29.9 Å².